The lowest BCUT2D eigenvalue weighted by Crippen LogP contribution is -2.24. The average molecular weight is 231 g/mol. The first kappa shape index (κ1) is 11.6. The van der Waals surface area contributed by atoms with Crippen molar-refractivity contribution >= 4 is 16.9 Å². The predicted octanol–water partition coefficient (Wildman–Crippen LogP) is 1.64. The van der Waals surface area contributed by atoms with Crippen molar-refractivity contribution in [3.05, 3.63) is 30.1 Å². The molecule has 0 aliphatic carbocycles. The maximum atomic E-state index is 11.1. The molecule has 1 amide bonds. The SMILES string of the molecule is CCC(=O)NCCc1cn(C)c2ncccc12. The number of carbonyl (C=O) groups is 1. The van der Waals surface area contributed by atoms with E-state index in [2.05, 4.69) is 22.6 Å². The first-order valence-corrected chi connectivity index (χ1v) is 5.88. The highest BCUT2D eigenvalue weighted by Crippen LogP contribution is 2.18. The van der Waals surface area contributed by atoms with Crippen molar-refractivity contribution in [1.82, 2.24) is 14.9 Å². The van der Waals surface area contributed by atoms with E-state index in [0.29, 0.717) is 13.0 Å². The van der Waals surface area contributed by atoms with Gasteiger partial charge in [0.15, 0.2) is 0 Å². The van der Waals surface area contributed by atoms with E-state index in [-0.39, 0.29) is 5.91 Å². The first-order valence-electron chi connectivity index (χ1n) is 5.88. The number of hydrogen-bond donors (Lipinski definition) is 1. The normalized spacial score (nSPS) is 10.7. The smallest absolute Gasteiger partial charge is 0.219 e. The Morgan fingerprint density at radius 3 is 3.12 bits per heavy atom. The Balaban J connectivity index is 2.11. The van der Waals surface area contributed by atoms with E-state index < -0.39 is 0 Å². The zero-order valence-corrected chi connectivity index (χ0v) is 10.2. The summed E-state index contributed by atoms with van der Waals surface area (Å²) < 4.78 is 2.02. The molecule has 0 atom stereocenters. The summed E-state index contributed by atoms with van der Waals surface area (Å²) in [6.45, 7) is 2.54. The molecule has 0 saturated carbocycles. The van der Waals surface area contributed by atoms with Crippen LogP contribution in [0.15, 0.2) is 24.5 Å². The Morgan fingerprint density at radius 1 is 1.53 bits per heavy atom. The lowest BCUT2D eigenvalue weighted by molar-refractivity contribution is -0.120. The number of fused-ring (bicyclic) bond motifs is 1. The van der Waals surface area contributed by atoms with E-state index >= 15 is 0 Å². The number of nitrogens with one attached hydrogen (secondary N) is 1. The molecule has 4 heteroatoms. The number of nitrogens with zero attached hydrogens (tertiary/aromatic N) is 2. The van der Waals surface area contributed by atoms with Crippen LogP contribution in [0.2, 0.25) is 0 Å². The minimum absolute atomic E-state index is 0.100. The Labute approximate surface area is 101 Å². The van der Waals surface area contributed by atoms with Crippen LogP contribution >= 0.6 is 0 Å². The third kappa shape index (κ3) is 2.46. The molecule has 17 heavy (non-hydrogen) atoms. The number of aryl methyl sites for hydroxylation is 1. The summed E-state index contributed by atoms with van der Waals surface area (Å²) in [7, 11) is 1.99. The van der Waals surface area contributed by atoms with Crippen LogP contribution in [0.25, 0.3) is 11.0 Å². The van der Waals surface area contributed by atoms with Gasteiger partial charge in [0.2, 0.25) is 5.91 Å². The summed E-state index contributed by atoms with van der Waals surface area (Å²) in [6.07, 6.45) is 5.26. The van der Waals surface area contributed by atoms with Crippen molar-refractivity contribution in [3.8, 4) is 0 Å². The fourth-order valence-electron chi connectivity index (χ4n) is 1.95. The van der Waals surface area contributed by atoms with Crippen LogP contribution in [-0.4, -0.2) is 22.0 Å². The van der Waals surface area contributed by atoms with E-state index in [9.17, 15) is 4.79 Å². The molecule has 0 fully saturated rings. The molecule has 2 aromatic heterocycles. The number of pyridine rings is 1. The summed E-state index contributed by atoms with van der Waals surface area (Å²) in [6, 6.07) is 4.01. The number of hydrogen-bond acceptors (Lipinski definition) is 2. The molecule has 0 spiro atoms. The average Bonchev–Trinajstić information content (AvgIpc) is 2.67. The van der Waals surface area contributed by atoms with Gasteiger partial charge in [-0.3, -0.25) is 4.79 Å². The van der Waals surface area contributed by atoms with Crippen molar-refractivity contribution in [2.75, 3.05) is 6.54 Å². The van der Waals surface area contributed by atoms with Gasteiger partial charge in [0, 0.05) is 37.8 Å². The summed E-state index contributed by atoms with van der Waals surface area (Å²) >= 11 is 0. The van der Waals surface area contributed by atoms with E-state index in [0.717, 1.165) is 12.1 Å². The number of aromatic nitrogens is 2. The Hall–Kier alpha value is -1.84. The van der Waals surface area contributed by atoms with Gasteiger partial charge in [-0.25, -0.2) is 4.98 Å². The molecule has 90 valence electrons. The minimum Gasteiger partial charge on any atom is -0.356 e. The van der Waals surface area contributed by atoms with Gasteiger partial charge in [-0.05, 0) is 24.1 Å². The van der Waals surface area contributed by atoms with E-state index in [1.165, 1.54) is 10.9 Å². The first-order chi connectivity index (χ1) is 8.22. The molecule has 1 N–H and O–H groups in total. The molecule has 0 unspecified atom stereocenters. The van der Waals surface area contributed by atoms with Crippen molar-refractivity contribution in [1.29, 1.82) is 0 Å². The number of rotatable bonds is 4. The van der Waals surface area contributed by atoms with Crippen molar-refractivity contribution in [2.45, 2.75) is 19.8 Å². The molecule has 0 aromatic carbocycles. The van der Waals surface area contributed by atoms with Crippen LogP contribution in [0.5, 0.6) is 0 Å². The van der Waals surface area contributed by atoms with Crippen LogP contribution in [0, 0.1) is 0 Å². The van der Waals surface area contributed by atoms with Crippen LogP contribution < -0.4 is 5.32 Å². The fraction of sp³-hybridized carbons (Fsp3) is 0.385. The van der Waals surface area contributed by atoms with Crippen LogP contribution in [-0.2, 0) is 18.3 Å². The molecule has 0 aliphatic rings. The molecule has 2 aromatic rings. The van der Waals surface area contributed by atoms with E-state index in [4.69, 9.17) is 0 Å². The summed E-state index contributed by atoms with van der Waals surface area (Å²) in [5.41, 5.74) is 2.22. The largest absolute Gasteiger partial charge is 0.356 e. The molecule has 4 nitrogen and oxygen atoms in total. The standard InChI is InChI=1S/C13H17N3O/c1-3-12(17)14-8-6-10-9-16(2)13-11(10)5-4-7-15-13/h4-5,7,9H,3,6,8H2,1-2H3,(H,14,17). The van der Waals surface area contributed by atoms with Crippen molar-refractivity contribution < 1.29 is 4.79 Å². The maximum Gasteiger partial charge on any atom is 0.219 e. The van der Waals surface area contributed by atoms with Crippen LogP contribution in [0.1, 0.15) is 18.9 Å². The Morgan fingerprint density at radius 2 is 2.35 bits per heavy atom. The van der Waals surface area contributed by atoms with Gasteiger partial charge in [-0.1, -0.05) is 6.92 Å². The second-order valence-corrected chi connectivity index (χ2v) is 4.09. The van der Waals surface area contributed by atoms with Gasteiger partial charge in [0.05, 0.1) is 0 Å². The quantitative estimate of drug-likeness (QED) is 0.869. The van der Waals surface area contributed by atoms with E-state index in [1.54, 1.807) is 6.20 Å². The third-order valence-corrected chi connectivity index (χ3v) is 2.85. The fourth-order valence-corrected chi connectivity index (χ4v) is 1.95. The van der Waals surface area contributed by atoms with Gasteiger partial charge < -0.3 is 9.88 Å². The molecule has 0 aliphatic heterocycles. The zero-order valence-electron chi connectivity index (χ0n) is 10.2. The second kappa shape index (κ2) is 4.99. The number of carbonyl (C=O) groups excluding carboxylic acids is 1. The monoisotopic (exact) mass is 231 g/mol. The molecule has 0 saturated heterocycles. The van der Waals surface area contributed by atoms with E-state index in [1.807, 2.05) is 24.6 Å². The lowest BCUT2D eigenvalue weighted by atomic mass is 10.1. The zero-order chi connectivity index (χ0) is 12.3. The highest BCUT2D eigenvalue weighted by Gasteiger charge is 2.06. The van der Waals surface area contributed by atoms with Crippen molar-refractivity contribution in [2.24, 2.45) is 7.05 Å². The maximum absolute atomic E-state index is 11.1. The molecule has 2 rings (SSSR count). The lowest BCUT2D eigenvalue weighted by Gasteiger charge is -2.02. The summed E-state index contributed by atoms with van der Waals surface area (Å²) in [4.78, 5) is 15.5. The third-order valence-electron chi connectivity index (χ3n) is 2.85. The minimum atomic E-state index is 0.100. The predicted molar refractivity (Wildman–Crippen MR) is 67.7 cm³/mol. The van der Waals surface area contributed by atoms with Gasteiger partial charge in [0.25, 0.3) is 0 Å². The molecule has 2 heterocycles. The molecule has 0 bridgehead atoms. The van der Waals surface area contributed by atoms with Gasteiger partial charge in [-0.2, -0.15) is 0 Å². The summed E-state index contributed by atoms with van der Waals surface area (Å²) in [5.74, 6) is 0.100. The van der Waals surface area contributed by atoms with Gasteiger partial charge >= 0.3 is 0 Å². The second-order valence-electron chi connectivity index (χ2n) is 4.09. The van der Waals surface area contributed by atoms with Gasteiger partial charge in [-0.15, -0.1) is 0 Å². The molecular weight excluding hydrogens is 214 g/mol. The Bertz CT molecular complexity index is 530. The van der Waals surface area contributed by atoms with Crippen molar-refractivity contribution in [3.63, 3.8) is 0 Å². The highest BCUT2D eigenvalue weighted by atomic mass is 16.1. The van der Waals surface area contributed by atoms with Crippen LogP contribution in [0.3, 0.4) is 0 Å². The molecular formula is C13H17N3O. The topological polar surface area (TPSA) is 46.9 Å². The Kier molecular flexibility index (Phi) is 3.42. The highest BCUT2D eigenvalue weighted by molar-refractivity contribution is 5.80. The molecule has 0 radical (unpaired) electrons. The van der Waals surface area contributed by atoms with Crippen LogP contribution in [0.4, 0.5) is 0 Å². The number of amides is 1. The summed E-state index contributed by atoms with van der Waals surface area (Å²) in [5, 5.41) is 4.05. The van der Waals surface area contributed by atoms with Gasteiger partial charge in [0.1, 0.15) is 5.65 Å².